The van der Waals surface area contributed by atoms with Gasteiger partial charge in [-0.1, -0.05) is 32.1 Å². The molecule has 3 aliphatic rings. The van der Waals surface area contributed by atoms with Gasteiger partial charge in [-0.05, 0) is 45.4 Å². The monoisotopic (exact) mass is 520 g/mol. The SMILES string of the molecule is CCNC(=NCCCOC1CCCC1)NC1CCN(C(=O)C2CCCCC2)C1.I. The maximum absolute atomic E-state index is 12.7. The van der Waals surface area contributed by atoms with Gasteiger partial charge < -0.3 is 20.3 Å². The van der Waals surface area contributed by atoms with Crippen molar-refractivity contribution < 1.29 is 9.53 Å². The first-order chi connectivity index (χ1) is 13.8. The van der Waals surface area contributed by atoms with Crippen molar-refractivity contribution in [3.8, 4) is 0 Å². The molecular weight excluding hydrogens is 479 g/mol. The number of hydrogen-bond acceptors (Lipinski definition) is 3. The fourth-order valence-corrected chi connectivity index (χ4v) is 4.76. The third-order valence-corrected chi connectivity index (χ3v) is 6.37. The van der Waals surface area contributed by atoms with Crippen molar-refractivity contribution in [3.05, 3.63) is 0 Å². The molecule has 7 heteroatoms. The minimum atomic E-state index is 0. The summed E-state index contributed by atoms with van der Waals surface area (Å²) in [6.45, 7) is 6.21. The number of rotatable bonds is 8. The van der Waals surface area contributed by atoms with E-state index in [1.165, 1.54) is 44.9 Å². The Kier molecular flexibility index (Phi) is 11.6. The summed E-state index contributed by atoms with van der Waals surface area (Å²) in [4.78, 5) is 19.5. The minimum absolute atomic E-state index is 0. The van der Waals surface area contributed by atoms with Crippen molar-refractivity contribution in [2.75, 3.05) is 32.8 Å². The van der Waals surface area contributed by atoms with Crippen LogP contribution in [0.4, 0.5) is 0 Å². The summed E-state index contributed by atoms with van der Waals surface area (Å²) in [6, 6.07) is 0.306. The summed E-state index contributed by atoms with van der Waals surface area (Å²) in [5.41, 5.74) is 0. The standard InChI is InChI=1S/C22H40N4O2.HI/c1-2-23-22(24-14-8-16-28-20-11-6-7-12-20)25-19-13-15-26(17-19)21(27)18-9-4-3-5-10-18;/h18-20H,2-17H2,1H3,(H2,23,24,25);1H. The molecule has 3 rings (SSSR count). The van der Waals surface area contributed by atoms with Gasteiger partial charge in [0, 0.05) is 44.7 Å². The van der Waals surface area contributed by atoms with Crippen LogP contribution >= 0.6 is 24.0 Å². The number of nitrogens with zero attached hydrogens (tertiary/aromatic N) is 2. The van der Waals surface area contributed by atoms with Crippen molar-refractivity contribution in [1.82, 2.24) is 15.5 Å². The smallest absolute Gasteiger partial charge is 0.225 e. The van der Waals surface area contributed by atoms with Gasteiger partial charge in [-0.25, -0.2) is 0 Å². The predicted octanol–water partition coefficient (Wildman–Crippen LogP) is 3.69. The maximum atomic E-state index is 12.7. The van der Waals surface area contributed by atoms with Crippen LogP contribution in [0.2, 0.25) is 0 Å². The van der Waals surface area contributed by atoms with Crippen molar-refractivity contribution in [3.63, 3.8) is 0 Å². The van der Waals surface area contributed by atoms with Crippen molar-refractivity contribution >= 4 is 35.8 Å². The van der Waals surface area contributed by atoms with Crippen LogP contribution in [0.25, 0.3) is 0 Å². The molecule has 2 N–H and O–H groups in total. The molecule has 0 radical (unpaired) electrons. The van der Waals surface area contributed by atoms with E-state index in [0.717, 1.165) is 64.4 Å². The molecule has 1 amide bonds. The van der Waals surface area contributed by atoms with Crippen LogP contribution in [0, 0.1) is 5.92 Å². The molecule has 0 aromatic carbocycles. The Morgan fingerprint density at radius 1 is 1.07 bits per heavy atom. The molecule has 0 aromatic rings. The number of carbonyl (C=O) groups is 1. The maximum Gasteiger partial charge on any atom is 0.225 e. The number of halogens is 1. The van der Waals surface area contributed by atoms with E-state index in [4.69, 9.17) is 9.73 Å². The van der Waals surface area contributed by atoms with E-state index in [1.54, 1.807) is 0 Å². The lowest BCUT2D eigenvalue weighted by Gasteiger charge is -2.26. The molecule has 6 nitrogen and oxygen atoms in total. The average molecular weight is 521 g/mol. The number of guanidine groups is 1. The van der Waals surface area contributed by atoms with E-state index in [1.807, 2.05) is 0 Å². The zero-order chi connectivity index (χ0) is 19.6. The van der Waals surface area contributed by atoms with E-state index in [0.29, 0.717) is 18.1 Å². The van der Waals surface area contributed by atoms with Gasteiger partial charge in [-0.15, -0.1) is 24.0 Å². The molecular formula is C22H41IN4O2. The van der Waals surface area contributed by atoms with Crippen LogP contribution in [0.3, 0.4) is 0 Å². The van der Waals surface area contributed by atoms with E-state index >= 15 is 0 Å². The molecule has 0 aromatic heterocycles. The normalized spacial score (nSPS) is 23.8. The number of nitrogens with one attached hydrogen (secondary N) is 2. The molecule has 1 aliphatic heterocycles. The van der Waals surface area contributed by atoms with Gasteiger partial charge in [0.2, 0.25) is 5.91 Å². The predicted molar refractivity (Wildman–Crippen MR) is 129 cm³/mol. The van der Waals surface area contributed by atoms with E-state index in [-0.39, 0.29) is 29.9 Å². The molecule has 1 saturated heterocycles. The Morgan fingerprint density at radius 2 is 1.79 bits per heavy atom. The summed E-state index contributed by atoms with van der Waals surface area (Å²) in [6.07, 6.45) is 13.4. The summed E-state index contributed by atoms with van der Waals surface area (Å²) in [5.74, 6) is 1.53. The fourth-order valence-electron chi connectivity index (χ4n) is 4.76. The zero-order valence-electron chi connectivity index (χ0n) is 18.2. The molecule has 0 bridgehead atoms. The first kappa shape index (κ1) is 24.7. The summed E-state index contributed by atoms with van der Waals surface area (Å²) < 4.78 is 5.92. The van der Waals surface area contributed by atoms with E-state index in [9.17, 15) is 4.79 Å². The highest BCUT2D eigenvalue weighted by molar-refractivity contribution is 14.0. The fraction of sp³-hybridized carbons (Fsp3) is 0.909. The lowest BCUT2D eigenvalue weighted by molar-refractivity contribution is -0.135. The van der Waals surface area contributed by atoms with Crippen LogP contribution in [0.5, 0.6) is 0 Å². The Bertz CT molecular complexity index is 505. The Morgan fingerprint density at radius 3 is 2.52 bits per heavy atom. The largest absolute Gasteiger partial charge is 0.378 e. The third-order valence-electron chi connectivity index (χ3n) is 6.37. The van der Waals surface area contributed by atoms with Gasteiger partial charge in [-0.3, -0.25) is 9.79 Å². The average Bonchev–Trinajstić information content (AvgIpc) is 3.40. The highest BCUT2D eigenvalue weighted by atomic mass is 127. The number of likely N-dealkylation sites (tertiary alicyclic amines) is 1. The van der Waals surface area contributed by atoms with Crippen molar-refractivity contribution in [1.29, 1.82) is 0 Å². The minimum Gasteiger partial charge on any atom is -0.378 e. The first-order valence-electron chi connectivity index (χ1n) is 11.7. The van der Waals surface area contributed by atoms with Gasteiger partial charge in [0.1, 0.15) is 0 Å². The molecule has 2 saturated carbocycles. The van der Waals surface area contributed by atoms with E-state index < -0.39 is 0 Å². The van der Waals surface area contributed by atoms with Gasteiger partial charge in [-0.2, -0.15) is 0 Å². The number of carbonyl (C=O) groups excluding carboxylic acids is 1. The van der Waals surface area contributed by atoms with Crippen molar-refractivity contribution in [2.24, 2.45) is 10.9 Å². The quantitative estimate of drug-likeness (QED) is 0.222. The molecule has 3 fully saturated rings. The lowest BCUT2D eigenvalue weighted by atomic mass is 9.88. The molecule has 1 atom stereocenters. The second-order valence-corrected chi connectivity index (χ2v) is 8.64. The lowest BCUT2D eigenvalue weighted by Crippen LogP contribution is -2.45. The molecule has 168 valence electrons. The Hall–Kier alpha value is -0.570. The molecule has 1 heterocycles. The van der Waals surface area contributed by atoms with E-state index in [2.05, 4.69) is 22.5 Å². The molecule has 2 aliphatic carbocycles. The number of hydrogen-bond donors (Lipinski definition) is 2. The summed E-state index contributed by atoms with van der Waals surface area (Å²) in [7, 11) is 0. The Labute approximate surface area is 194 Å². The molecule has 1 unspecified atom stereocenters. The first-order valence-corrected chi connectivity index (χ1v) is 11.7. The van der Waals surface area contributed by atoms with Crippen LogP contribution in [0.15, 0.2) is 4.99 Å². The zero-order valence-corrected chi connectivity index (χ0v) is 20.5. The number of amides is 1. The summed E-state index contributed by atoms with van der Waals surface area (Å²) in [5, 5.41) is 6.88. The van der Waals surface area contributed by atoms with Crippen LogP contribution in [-0.4, -0.2) is 61.7 Å². The second kappa shape index (κ2) is 13.7. The van der Waals surface area contributed by atoms with Crippen LogP contribution < -0.4 is 10.6 Å². The number of aliphatic imine (C=N–C) groups is 1. The molecule has 29 heavy (non-hydrogen) atoms. The molecule has 0 spiro atoms. The summed E-state index contributed by atoms with van der Waals surface area (Å²) >= 11 is 0. The van der Waals surface area contributed by atoms with Gasteiger partial charge in [0.15, 0.2) is 5.96 Å². The van der Waals surface area contributed by atoms with Gasteiger partial charge in [0.05, 0.1) is 6.10 Å². The Balaban J connectivity index is 0.00000300. The van der Waals surface area contributed by atoms with Gasteiger partial charge in [0.25, 0.3) is 0 Å². The topological polar surface area (TPSA) is 66.0 Å². The van der Waals surface area contributed by atoms with Crippen molar-refractivity contribution in [2.45, 2.75) is 89.7 Å². The highest BCUT2D eigenvalue weighted by Crippen LogP contribution is 2.26. The second-order valence-electron chi connectivity index (χ2n) is 8.64. The van der Waals surface area contributed by atoms with Crippen LogP contribution in [-0.2, 0) is 9.53 Å². The highest BCUT2D eigenvalue weighted by Gasteiger charge is 2.31. The number of ether oxygens (including phenoxy) is 1. The third kappa shape index (κ3) is 8.23. The van der Waals surface area contributed by atoms with Gasteiger partial charge >= 0.3 is 0 Å². The van der Waals surface area contributed by atoms with Crippen LogP contribution in [0.1, 0.15) is 77.6 Å².